The molecule has 3 nitrogen and oxygen atoms in total. The molecule has 0 aliphatic rings. The van der Waals surface area contributed by atoms with Crippen LogP contribution in [-0.2, 0) is 4.79 Å². The van der Waals surface area contributed by atoms with Crippen LogP contribution in [0.3, 0.4) is 0 Å². The molecule has 0 bridgehead atoms. The molecule has 0 fully saturated rings. The molecule has 5 heteroatoms. The average molecular weight is 267 g/mol. The van der Waals surface area contributed by atoms with Gasteiger partial charge in [-0.1, -0.05) is 18.3 Å². The van der Waals surface area contributed by atoms with E-state index in [2.05, 4.69) is 17.5 Å². The Balaban J connectivity index is 3.01. The van der Waals surface area contributed by atoms with Gasteiger partial charge in [-0.25, -0.2) is 0 Å². The predicted molar refractivity (Wildman–Crippen MR) is 76.1 cm³/mol. The Labute approximate surface area is 110 Å². The zero-order valence-corrected chi connectivity index (χ0v) is 11.2. The van der Waals surface area contributed by atoms with E-state index in [1.54, 1.807) is 18.2 Å². The number of hydrogen-bond donors (Lipinski definition) is 2. The highest BCUT2D eigenvalue weighted by Crippen LogP contribution is 2.21. The van der Waals surface area contributed by atoms with Gasteiger partial charge in [0.05, 0.1) is 10.4 Å². The number of rotatable bonds is 4. The zero-order chi connectivity index (χ0) is 12.8. The monoisotopic (exact) mass is 267 g/mol. The molecule has 0 spiro atoms. The number of phenols is 1. The third-order valence-electron chi connectivity index (χ3n) is 2.15. The van der Waals surface area contributed by atoms with Gasteiger partial charge in [-0.2, -0.15) is 0 Å². The molecule has 0 aromatic heterocycles. The highest BCUT2D eigenvalue weighted by Gasteiger charge is 2.06. The lowest BCUT2D eigenvalue weighted by Gasteiger charge is -2.04. The number of phenolic OH excluding ortho intramolecular Hbond substituents is 1. The third-order valence-corrected chi connectivity index (χ3v) is 3.01. The van der Waals surface area contributed by atoms with Gasteiger partial charge in [0.2, 0.25) is 0 Å². The summed E-state index contributed by atoms with van der Waals surface area (Å²) in [5.74, 6) is 0.0226. The summed E-state index contributed by atoms with van der Waals surface area (Å²) in [5, 5.41) is 11.9. The summed E-state index contributed by atoms with van der Waals surface area (Å²) >= 11 is 5.91. The summed E-state index contributed by atoms with van der Waals surface area (Å²) in [7, 11) is 0. The number of benzene rings is 1. The summed E-state index contributed by atoms with van der Waals surface area (Å²) in [4.78, 5) is 12.1. The van der Waals surface area contributed by atoms with Crippen LogP contribution in [-0.4, -0.2) is 22.8 Å². The molecule has 0 saturated carbocycles. The van der Waals surface area contributed by atoms with Crippen LogP contribution < -0.4 is 5.32 Å². The van der Waals surface area contributed by atoms with Crippen molar-refractivity contribution < 1.29 is 9.90 Å². The molecule has 1 amide bonds. The van der Waals surface area contributed by atoms with E-state index >= 15 is 0 Å². The molecule has 0 heterocycles. The molecule has 0 atom stereocenters. The van der Waals surface area contributed by atoms with Crippen molar-refractivity contribution in [3.63, 3.8) is 0 Å². The maximum Gasteiger partial charge on any atom is 0.262 e. The van der Waals surface area contributed by atoms with E-state index in [4.69, 9.17) is 0 Å². The molecule has 0 radical (unpaired) electrons. The van der Waals surface area contributed by atoms with Crippen molar-refractivity contribution in [2.45, 2.75) is 6.92 Å². The summed E-state index contributed by atoms with van der Waals surface area (Å²) < 4.78 is 0. The zero-order valence-electron chi connectivity index (χ0n) is 9.56. The Bertz CT molecular complexity index is 470. The van der Waals surface area contributed by atoms with Crippen molar-refractivity contribution in [1.82, 2.24) is 5.32 Å². The molecule has 1 aromatic carbocycles. The quantitative estimate of drug-likeness (QED) is 0.650. The number of amides is 1. The van der Waals surface area contributed by atoms with Crippen molar-refractivity contribution in [2.75, 3.05) is 6.26 Å². The lowest BCUT2D eigenvalue weighted by Crippen LogP contribution is -2.20. The van der Waals surface area contributed by atoms with Gasteiger partial charge in [0.25, 0.3) is 5.91 Å². The van der Waals surface area contributed by atoms with Gasteiger partial charge in [-0.3, -0.25) is 4.79 Å². The second-order valence-corrected chi connectivity index (χ2v) is 4.43. The Kier molecular flexibility index (Phi) is 5.18. The number of aromatic hydroxyl groups is 1. The van der Waals surface area contributed by atoms with E-state index in [9.17, 15) is 9.90 Å². The summed E-state index contributed by atoms with van der Waals surface area (Å²) in [6.07, 6.45) is 3.58. The summed E-state index contributed by atoms with van der Waals surface area (Å²) in [6, 6.07) is 5.18. The van der Waals surface area contributed by atoms with Gasteiger partial charge in [-0.05, 0) is 42.5 Å². The van der Waals surface area contributed by atoms with Crippen molar-refractivity contribution in [3.8, 4) is 5.75 Å². The number of thioether (sulfide) groups is 1. The van der Waals surface area contributed by atoms with Crippen LogP contribution in [0.2, 0.25) is 0 Å². The molecule has 0 saturated heterocycles. The lowest BCUT2D eigenvalue weighted by atomic mass is 10.1. The SMILES string of the molecule is CS/C(=C\c1ccc(O)c(C)c1)C(=O)NC=S. The van der Waals surface area contributed by atoms with Gasteiger partial charge in [0, 0.05) is 0 Å². The van der Waals surface area contributed by atoms with Crippen molar-refractivity contribution in [3.05, 3.63) is 34.2 Å². The predicted octanol–water partition coefficient (Wildman–Crippen LogP) is 2.48. The van der Waals surface area contributed by atoms with Crippen LogP contribution in [0, 0.1) is 6.92 Å². The fraction of sp³-hybridized carbons (Fsp3) is 0.167. The van der Waals surface area contributed by atoms with Crippen LogP contribution in [0.4, 0.5) is 0 Å². The number of thiocarbonyl (C=S) groups is 1. The molecule has 2 N–H and O–H groups in total. The Hall–Kier alpha value is -1.33. The molecule has 0 unspecified atom stereocenters. The standard InChI is InChI=1S/C12H13NO2S2/c1-8-5-9(3-4-10(8)14)6-11(17-2)12(15)13-7-16/h3-7,14H,1-2H3,(H,13,15,16)/b11-6-. The smallest absolute Gasteiger partial charge is 0.262 e. The third kappa shape index (κ3) is 3.87. The van der Waals surface area contributed by atoms with Gasteiger partial charge in [0.1, 0.15) is 5.75 Å². The largest absolute Gasteiger partial charge is 0.508 e. The summed E-state index contributed by atoms with van der Waals surface area (Å²) in [6.45, 7) is 1.81. The van der Waals surface area contributed by atoms with E-state index in [0.29, 0.717) is 4.91 Å². The van der Waals surface area contributed by atoms with Crippen molar-refractivity contribution >= 4 is 41.5 Å². The van der Waals surface area contributed by atoms with Crippen LogP contribution >= 0.6 is 24.0 Å². The maximum atomic E-state index is 11.6. The molecular formula is C12H13NO2S2. The van der Waals surface area contributed by atoms with E-state index in [1.807, 2.05) is 19.2 Å². The normalized spacial score (nSPS) is 11.1. The highest BCUT2D eigenvalue weighted by atomic mass is 32.2. The van der Waals surface area contributed by atoms with Gasteiger partial charge >= 0.3 is 0 Å². The molecule has 0 aliphatic carbocycles. The van der Waals surface area contributed by atoms with E-state index in [1.165, 1.54) is 17.3 Å². The Morgan fingerprint density at radius 3 is 2.76 bits per heavy atom. The first-order chi connectivity index (χ1) is 8.08. The molecular weight excluding hydrogens is 254 g/mol. The second kappa shape index (κ2) is 6.42. The minimum absolute atomic E-state index is 0.224. The summed E-state index contributed by atoms with van der Waals surface area (Å²) in [5.41, 5.74) is 2.83. The van der Waals surface area contributed by atoms with Gasteiger partial charge in [-0.15, -0.1) is 11.8 Å². The fourth-order valence-electron chi connectivity index (χ4n) is 1.26. The van der Waals surface area contributed by atoms with Crippen LogP contribution in [0.5, 0.6) is 5.75 Å². The number of carbonyl (C=O) groups is 1. The molecule has 90 valence electrons. The first kappa shape index (κ1) is 13.7. The Morgan fingerprint density at radius 1 is 1.53 bits per heavy atom. The van der Waals surface area contributed by atoms with Crippen molar-refractivity contribution in [1.29, 1.82) is 0 Å². The lowest BCUT2D eigenvalue weighted by molar-refractivity contribution is -0.115. The number of hydrogen-bond acceptors (Lipinski definition) is 4. The average Bonchev–Trinajstić information content (AvgIpc) is 2.30. The van der Waals surface area contributed by atoms with E-state index in [-0.39, 0.29) is 11.7 Å². The van der Waals surface area contributed by atoms with E-state index in [0.717, 1.165) is 11.1 Å². The Morgan fingerprint density at radius 2 is 2.24 bits per heavy atom. The maximum absolute atomic E-state index is 11.6. The number of aryl methyl sites for hydroxylation is 1. The first-order valence-electron chi connectivity index (χ1n) is 4.88. The molecule has 1 rings (SSSR count). The van der Waals surface area contributed by atoms with Crippen molar-refractivity contribution in [2.24, 2.45) is 0 Å². The first-order valence-corrected chi connectivity index (χ1v) is 6.58. The highest BCUT2D eigenvalue weighted by molar-refractivity contribution is 8.03. The minimum atomic E-state index is -0.224. The minimum Gasteiger partial charge on any atom is -0.508 e. The molecule has 0 aliphatic heterocycles. The van der Waals surface area contributed by atoms with E-state index < -0.39 is 0 Å². The topological polar surface area (TPSA) is 49.3 Å². The molecule has 1 aromatic rings. The molecule has 17 heavy (non-hydrogen) atoms. The second-order valence-electron chi connectivity index (χ2n) is 3.35. The van der Waals surface area contributed by atoms with Gasteiger partial charge < -0.3 is 10.4 Å². The van der Waals surface area contributed by atoms with Crippen LogP contribution in [0.25, 0.3) is 6.08 Å². The van der Waals surface area contributed by atoms with Crippen LogP contribution in [0.1, 0.15) is 11.1 Å². The number of carbonyl (C=O) groups excluding carboxylic acids is 1. The van der Waals surface area contributed by atoms with Crippen LogP contribution in [0.15, 0.2) is 23.1 Å². The fourth-order valence-corrected chi connectivity index (χ4v) is 1.87. The number of nitrogens with one attached hydrogen (secondary N) is 1. The van der Waals surface area contributed by atoms with Gasteiger partial charge in [0.15, 0.2) is 0 Å².